The van der Waals surface area contributed by atoms with E-state index in [9.17, 15) is 4.79 Å². The second-order valence-corrected chi connectivity index (χ2v) is 9.94. The Kier molecular flexibility index (Phi) is 8.76. The molecule has 8 nitrogen and oxygen atoms in total. The van der Waals surface area contributed by atoms with Crippen molar-refractivity contribution in [3.05, 3.63) is 95.2 Å². The molecule has 0 radical (unpaired) electrons. The first-order chi connectivity index (χ1) is 18.7. The van der Waals surface area contributed by atoms with Crippen molar-refractivity contribution in [2.24, 2.45) is 0 Å². The number of furan rings is 1. The zero-order valence-electron chi connectivity index (χ0n) is 23.6. The monoisotopic (exact) mass is 531 g/mol. The smallest absolute Gasteiger partial charge is 0.349 e. The molecule has 0 atom stereocenters. The van der Waals surface area contributed by atoms with Crippen LogP contribution in [0.1, 0.15) is 49.0 Å². The quantitative estimate of drug-likeness (QED) is 0.207. The Morgan fingerprint density at radius 2 is 1.77 bits per heavy atom. The van der Waals surface area contributed by atoms with Crippen LogP contribution in [0.5, 0.6) is 11.5 Å². The van der Waals surface area contributed by atoms with Crippen molar-refractivity contribution in [1.82, 2.24) is 14.7 Å². The summed E-state index contributed by atoms with van der Waals surface area (Å²) in [6, 6.07) is 19.8. The zero-order valence-corrected chi connectivity index (χ0v) is 23.6. The van der Waals surface area contributed by atoms with Gasteiger partial charge >= 0.3 is 5.97 Å². The van der Waals surface area contributed by atoms with Gasteiger partial charge in [0.1, 0.15) is 5.76 Å². The Morgan fingerprint density at radius 1 is 1.00 bits per heavy atom. The molecule has 0 aliphatic heterocycles. The number of aromatic nitrogens is 2. The van der Waals surface area contributed by atoms with Crippen LogP contribution in [0.4, 0.5) is 0 Å². The Bertz CT molecular complexity index is 1380. The molecule has 4 rings (SSSR count). The standard InChI is InChI=1S/C31H37N3O5/c1-7-37-30(35)31(4,5)39-28-16-15-24(18-29(28)36-6)19-33(20-26-14-11-17-38-26)21-27-22(2)32-34(23(27)3)25-12-9-8-10-13-25/h8-18H,7,19-21H2,1-6H3. The minimum absolute atomic E-state index is 0.288. The van der Waals surface area contributed by atoms with Crippen molar-refractivity contribution in [2.75, 3.05) is 13.7 Å². The molecule has 0 N–H and O–H groups in total. The molecular formula is C31H37N3O5. The summed E-state index contributed by atoms with van der Waals surface area (Å²) in [7, 11) is 1.59. The van der Waals surface area contributed by atoms with E-state index < -0.39 is 11.6 Å². The van der Waals surface area contributed by atoms with E-state index in [1.807, 2.05) is 60.1 Å². The summed E-state index contributed by atoms with van der Waals surface area (Å²) in [5.74, 6) is 1.48. The maximum atomic E-state index is 12.3. The highest BCUT2D eigenvalue weighted by Gasteiger charge is 2.32. The van der Waals surface area contributed by atoms with Gasteiger partial charge in [0, 0.05) is 24.3 Å². The molecule has 2 heterocycles. The fourth-order valence-corrected chi connectivity index (χ4v) is 4.51. The maximum Gasteiger partial charge on any atom is 0.349 e. The molecule has 0 amide bonds. The summed E-state index contributed by atoms with van der Waals surface area (Å²) in [6.45, 7) is 11.5. The lowest BCUT2D eigenvalue weighted by Gasteiger charge is -2.26. The van der Waals surface area contributed by atoms with Gasteiger partial charge in [-0.25, -0.2) is 9.48 Å². The molecule has 0 saturated heterocycles. The largest absolute Gasteiger partial charge is 0.493 e. The molecular weight excluding hydrogens is 494 g/mol. The van der Waals surface area contributed by atoms with Crippen LogP contribution in [-0.4, -0.2) is 40.0 Å². The predicted molar refractivity (Wildman–Crippen MR) is 149 cm³/mol. The van der Waals surface area contributed by atoms with Crippen molar-refractivity contribution < 1.29 is 23.4 Å². The van der Waals surface area contributed by atoms with Gasteiger partial charge in [-0.1, -0.05) is 24.3 Å². The minimum Gasteiger partial charge on any atom is -0.493 e. The lowest BCUT2D eigenvalue weighted by Crippen LogP contribution is -2.39. The molecule has 2 aromatic heterocycles. The Labute approximate surface area is 230 Å². The number of esters is 1. The molecule has 206 valence electrons. The average molecular weight is 532 g/mol. The van der Waals surface area contributed by atoms with Crippen LogP contribution >= 0.6 is 0 Å². The number of rotatable bonds is 12. The summed E-state index contributed by atoms with van der Waals surface area (Å²) in [4.78, 5) is 14.7. The molecule has 0 spiro atoms. The van der Waals surface area contributed by atoms with Crippen molar-refractivity contribution in [3.8, 4) is 17.2 Å². The molecule has 0 bridgehead atoms. The van der Waals surface area contributed by atoms with Crippen LogP contribution in [0.15, 0.2) is 71.3 Å². The number of carbonyl (C=O) groups excluding carboxylic acids is 1. The van der Waals surface area contributed by atoms with E-state index >= 15 is 0 Å². The highest BCUT2D eigenvalue weighted by atomic mass is 16.6. The molecule has 4 aromatic rings. The first-order valence-electron chi connectivity index (χ1n) is 13.1. The van der Waals surface area contributed by atoms with Crippen molar-refractivity contribution in [3.63, 3.8) is 0 Å². The van der Waals surface area contributed by atoms with Gasteiger partial charge in [0.05, 0.1) is 37.9 Å². The normalized spacial score (nSPS) is 11.6. The number of hydrogen-bond acceptors (Lipinski definition) is 7. The number of benzene rings is 2. The van der Waals surface area contributed by atoms with Crippen LogP contribution < -0.4 is 9.47 Å². The van der Waals surface area contributed by atoms with Crippen LogP contribution in [0, 0.1) is 13.8 Å². The topological polar surface area (TPSA) is 79.0 Å². The van der Waals surface area contributed by atoms with E-state index in [2.05, 4.69) is 24.0 Å². The highest BCUT2D eigenvalue weighted by Crippen LogP contribution is 2.32. The summed E-state index contributed by atoms with van der Waals surface area (Å²) >= 11 is 0. The van der Waals surface area contributed by atoms with E-state index in [-0.39, 0.29) is 6.61 Å². The second kappa shape index (κ2) is 12.2. The molecule has 0 fully saturated rings. The summed E-state index contributed by atoms with van der Waals surface area (Å²) in [5.41, 5.74) is 4.19. The number of nitrogens with zero attached hydrogens (tertiary/aromatic N) is 3. The Morgan fingerprint density at radius 3 is 2.44 bits per heavy atom. The van der Waals surface area contributed by atoms with Crippen LogP contribution in [0.2, 0.25) is 0 Å². The number of aryl methyl sites for hydroxylation is 1. The highest BCUT2D eigenvalue weighted by molar-refractivity contribution is 5.79. The number of carbonyl (C=O) groups is 1. The van der Waals surface area contributed by atoms with Gasteiger partial charge in [0.25, 0.3) is 0 Å². The van der Waals surface area contributed by atoms with E-state index in [4.69, 9.17) is 23.7 Å². The first kappa shape index (κ1) is 28.0. The van der Waals surface area contributed by atoms with Gasteiger partial charge in [-0.2, -0.15) is 5.10 Å². The third-order valence-corrected chi connectivity index (χ3v) is 6.55. The minimum atomic E-state index is -1.15. The second-order valence-electron chi connectivity index (χ2n) is 9.94. The van der Waals surface area contributed by atoms with Crippen LogP contribution in [0.25, 0.3) is 5.69 Å². The van der Waals surface area contributed by atoms with E-state index in [0.717, 1.165) is 28.4 Å². The number of methoxy groups -OCH3 is 1. The lowest BCUT2D eigenvalue weighted by atomic mass is 10.1. The molecule has 39 heavy (non-hydrogen) atoms. The SMILES string of the molecule is CCOC(=O)C(C)(C)Oc1ccc(CN(Cc2ccco2)Cc2c(C)nn(-c3ccccc3)c2C)cc1OC. The molecule has 0 aliphatic carbocycles. The lowest BCUT2D eigenvalue weighted by molar-refractivity contribution is -0.158. The average Bonchev–Trinajstić information content (AvgIpc) is 3.53. The summed E-state index contributed by atoms with van der Waals surface area (Å²) in [6.07, 6.45) is 1.69. The zero-order chi connectivity index (χ0) is 28.0. The van der Waals surface area contributed by atoms with E-state index in [1.54, 1.807) is 34.1 Å². The third kappa shape index (κ3) is 6.70. The summed E-state index contributed by atoms with van der Waals surface area (Å²) in [5, 5.41) is 4.83. The van der Waals surface area contributed by atoms with Crippen LogP contribution in [0.3, 0.4) is 0 Å². The predicted octanol–water partition coefficient (Wildman–Crippen LogP) is 6.01. The molecule has 0 saturated carbocycles. The van der Waals surface area contributed by atoms with E-state index in [0.29, 0.717) is 31.1 Å². The van der Waals surface area contributed by atoms with Crippen molar-refractivity contribution in [1.29, 1.82) is 0 Å². The number of ether oxygens (including phenoxy) is 3. The van der Waals surface area contributed by atoms with Crippen molar-refractivity contribution in [2.45, 2.75) is 59.9 Å². The van der Waals surface area contributed by atoms with Gasteiger partial charge in [-0.15, -0.1) is 0 Å². The van der Waals surface area contributed by atoms with Crippen molar-refractivity contribution >= 4 is 5.97 Å². The van der Waals surface area contributed by atoms with Gasteiger partial charge in [0.2, 0.25) is 0 Å². The fraction of sp³-hybridized carbons (Fsp3) is 0.355. The fourth-order valence-electron chi connectivity index (χ4n) is 4.51. The Hall–Kier alpha value is -4.04. The summed E-state index contributed by atoms with van der Waals surface area (Å²) < 4.78 is 24.5. The molecule has 0 aliphatic rings. The van der Waals surface area contributed by atoms with Gasteiger partial charge in [0.15, 0.2) is 17.1 Å². The molecule has 8 heteroatoms. The van der Waals surface area contributed by atoms with Gasteiger partial charge in [-0.3, -0.25) is 4.90 Å². The number of hydrogen-bond donors (Lipinski definition) is 0. The Balaban J connectivity index is 1.59. The van der Waals surface area contributed by atoms with Crippen LogP contribution in [-0.2, 0) is 29.2 Å². The molecule has 0 unspecified atom stereocenters. The number of para-hydroxylation sites is 1. The maximum absolute atomic E-state index is 12.3. The molecule has 2 aromatic carbocycles. The van der Waals surface area contributed by atoms with Gasteiger partial charge in [-0.05, 0) is 76.6 Å². The van der Waals surface area contributed by atoms with Gasteiger partial charge < -0.3 is 18.6 Å². The first-order valence-corrected chi connectivity index (χ1v) is 13.1. The van der Waals surface area contributed by atoms with E-state index in [1.165, 1.54) is 5.56 Å². The third-order valence-electron chi connectivity index (χ3n) is 6.55.